The van der Waals surface area contributed by atoms with Crippen molar-refractivity contribution in [1.29, 1.82) is 0 Å². The van der Waals surface area contributed by atoms with Crippen LogP contribution in [0.5, 0.6) is 0 Å². The van der Waals surface area contributed by atoms with Crippen LogP contribution in [0.1, 0.15) is 61.9 Å². The molecule has 2 aliphatic heterocycles. The summed E-state index contributed by atoms with van der Waals surface area (Å²) in [6, 6.07) is 6.79. The van der Waals surface area contributed by atoms with Crippen LogP contribution in [-0.2, 0) is 9.59 Å². The maximum absolute atomic E-state index is 13.2. The standard InChI is InChI=1S/C24H35N3O3/c1-17(2)21(25-22(28)19-9-7-18(3)8-10-19)24(30)27-15-11-20(12-16-27)23(29)26-13-5-4-6-14-26/h7-10,17,20-21H,4-6,11-16H2,1-3H3,(H,25,28). The summed E-state index contributed by atoms with van der Waals surface area (Å²) in [5, 5.41) is 2.93. The zero-order valence-corrected chi connectivity index (χ0v) is 18.5. The van der Waals surface area contributed by atoms with Gasteiger partial charge in [-0.15, -0.1) is 0 Å². The maximum atomic E-state index is 13.2. The van der Waals surface area contributed by atoms with Gasteiger partial charge < -0.3 is 15.1 Å². The molecule has 3 amide bonds. The van der Waals surface area contributed by atoms with Crippen LogP contribution < -0.4 is 5.32 Å². The molecule has 1 atom stereocenters. The molecule has 1 aromatic rings. The third-order valence-corrected chi connectivity index (χ3v) is 6.36. The molecule has 1 aromatic carbocycles. The summed E-state index contributed by atoms with van der Waals surface area (Å²) < 4.78 is 0. The predicted molar refractivity (Wildman–Crippen MR) is 117 cm³/mol. The Hall–Kier alpha value is -2.37. The monoisotopic (exact) mass is 413 g/mol. The van der Waals surface area contributed by atoms with Gasteiger partial charge >= 0.3 is 0 Å². The molecule has 2 fully saturated rings. The third kappa shape index (κ3) is 5.41. The second-order valence-electron chi connectivity index (χ2n) is 9.05. The summed E-state index contributed by atoms with van der Waals surface area (Å²) in [5.74, 6) is -0.00664. The van der Waals surface area contributed by atoms with E-state index < -0.39 is 6.04 Å². The number of aryl methyl sites for hydroxylation is 1. The van der Waals surface area contributed by atoms with E-state index in [1.54, 1.807) is 12.1 Å². The normalized spacial score (nSPS) is 18.9. The molecule has 3 rings (SSSR count). The Morgan fingerprint density at radius 1 is 0.900 bits per heavy atom. The maximum Gasteiger partial charge on any atom is 0.251 e. The van der Waals surface area contributed by atoms with Gasteiger partial charge in [-0.05, 0) is 57.1 Å². The molecule has 0 spiro atoms. The smallest absolute Gasteiger partial charge is 0.251 e. The molecule has 0 aromatic heterocycles. The Morgan fingerprint density at radius 2 is 1.50 bits per heavy atom. The van der Waals surface area contributed by atoms with Gasteiger partial charge in [0, 0.05) is 37.7 Å². The minimum Gasteiger partial charge on any atom is -0.342 e. The highest BCUT2D eigenvalue weighted by atomic mass is 16.2. The fraction of sp³-hybridized carbons (Fsp3) is 0.625. The van der Waals surface area contributed by atoms with Crippen LogP contribution in [0.2, 0.25) is 0 Å². The van der Waals surface area contributed by atoms with Gasteiger partial charge in [-0.2, -0.15) is 0 Å². The lowest BCUT2D eigenvalue weighted by Gasteiger charge is -2.37. The summed E-state index contributed by atoms with van der Waals surface area (Å²) in [7, 11) is 0. The number of carbonyl (C=O) groups excluding carboxylic acids is 3. The Kier molecular flexibility index (Phi) is 7.51. The van der Waals surface area contributed by atoms with Crippen molar-refractivity contribution in [2.24, 2.45) is 11.8 Å². The van der Waals surface area contributed by atoms with Crippen molar-refractivity contribution < 1.29 is 14.4 Å². The number of nitrogens with one attached hydrogen (secondary N) is 1. The van der Waals surface area contributed by atoms with Gasteiger partial charge in [0.05, 0.1) is 0 Å². The first kappa shape index (κ1) is 22.3. The summed E-state index contributed by atoms with van der Waals surface area (Å²) in [4.78, 5) is 42.4. The molecule has 0 bridgehead atoms. The van der Waals surface area contributed by atoms with E-state index in [9.17, 15) is 14.4 Å². The number of piperidine rings is 2. The van der Waals surface area contributed by atoms with Crippen molar-refractivity contribution >= 4 is 17.7 Å². The van der Waals surface area contributed by atoms with Crippen molar-refractivity contribution in [3.63, 3.8) is 0 Å². The van der Waals surface area contributed by atoms with Crippen molar-refractivity contribution in [3.8, 4) is 0 Å². The molecule has 6 nitrogen and oxygen atoms in total. The van der Waals surface area contributed by atoms with Crippen LogP contribution >= 0.6 is 0 Å². The van der Waals surface area contributed by atoms with E-state index in [0.717, 1.165) is 31.5 Å². The predicted octanol–water partition coefficient (Wildman–Crippen LogP) is 3.00. The van der Waals surface area contributed by atoms with Crippen LogP contribution in [0.25, 0.3) is 0 Å². The van der Waals surface area contributed by atoms with E-state index >= 15 is 0 Å². The number of likely N-dealkylation sites (tertiary alicyclic amines) is 2. The number of benzene rings is 1. The molecule has 164 valence electrons. The first-order chi connectivity index (χ1) is 14.4. The number of carbonyl (C=O) groups is 3. The summed E-state index contributed by atoms with van der Waals surface area (Å²) >= 11 is 0. The fourth-order valence-corrected chi connectivity index (χ4v) is 4.36. The van der Waals surface area contributed by atoms with E-state index in [4.69, 9.17) is 0 Å². The molecule has 2 saturated heterocycles. The number of amides is 3. The van der Waals surface area contributed by atoms with Gasteiger partial charge in [0.2, 0.25) is 11.8 Å². The lowest BCUT2D eigenvalue weighted by atomic mass is 9.93. The number of nitrogens with zero attached hydrogens (tertiary/aromatic N) is 2. The fourth-order valence-electron chi connectivity index (χ4n) is 4.36. The van der Waals surface area contributed by atoms with Crippen LogP contribution in [0.15, 0.2) is 24.3 Å². The van der Waals surface area contributed by atoms with E-state index in [0.29, 0.717) is 31.5 Å². The topological polar surface area (TPSA) is 69.7 Å². The van der Waals surface area contributed by atoms with E-state index in [1.807, 2.05) is 42.7 Å². The lowest BCUT2D eigenvalue weighted by molar-refractivity contribution is -0.142. The van der Waals surface area contributed by atoms with E-state index in [1.165, 1.54) is 6.42 Å². The first-order valence-corrected chi connectivity index (χ1v) is 11.3. The van der Waals surface area contributed by atoms with Gasteiger partial charge in [0.1, 0.15) is 6.04 Å². The lowest BCUT2D eigenvalue weighted by Crippen LogP contribution is -2.54. The van der Waals surface area contributed by atoms with Gasteiger partial charge in [-0.3, -0.25) is 14.4 Å². The van der Waals surface area contributed by atoms with Crippen LogP contribution in [0.4, 0.5) is 0 Å². The van der Waals surface area contributed by atoms with Gasteiger partial charge in [-0.1, -0.05) is 31.5 Å². The highest BCUT2D eigenvalue weighted by Gasteiger charge is 2.34. The largest absolute Gasteiger partial charge is 0.342 e. The van der Waals surface area contributed by atoms with Crippen LogP contribution in [0.3, 0.4) is 0 Å². The second kappa shape index (κ2) is 10.1. The van der Waals surface area contributed by atoms with Crippen molar-refractivity contribution in [2.45, 2.75) is 58.9 Å². The average molecular weight is 414 g/mol. The minimum absolute atomic E-state index is 0.0143. The molecule has 2 aliphatic rings. The molecular weight excluding hydrogens is 378 g/mol. The molecule has 2 heterocycles. The SMILES string of the molecule is Cc1ccc(C(=O)NC(C(=O)N2CCC(C(=O)N3CCCCC3)CC2)C(C)C)cc1. The third-order valence-electron chi connectivity index (χ3n) is 6.36. The molecule has 0 aliphatic carbocycles. The highest BCUT2D eigenvalue weighted by Crippen LogP contribution is 2.23. The Bertz CT molecular complexity index is 745. The Morgan fingerprint density at radius 3 is 2.07 bits per heavy atom. The molecule has 30 heavy (non-hydrogen) atoms. The Labute approximate surface area is 180 Å². The van der Waals surface area contributed by atoms with Crippen molar-refractivity contribution in [2.75, 3.05) is 26.2 Å². The van der Waals surface area contributed by atoms with E-state index in [-0.39, 0.29) is 29.6 Å². The number of hydrogen-bond donors (Lipinski definition) is 1. The van der Waals surface area contributed by atoms with Gasteiger partial charge in [0.25, 0.3) is 5.91 Å². The van der Waals surface area contributed by atoms with Gasteiger partial charge in [-0.25, -0.2) is 0 Å². The first-order valence-electron chi connectivity index (χ1n) is 11.3. The molecule has 1 unspecified atom stereocenters. The summed E-state index contributed by atoms with van der Waals surface area (Å²) in [5.41, 5.74) is 1.65. The number of hydrogen-bond acceptors (Lipinski definition) is 3. The Balaban J connectivity index is 1.56. The van der Waals surface area contributed by atoms with Crippen molar-refractivity contribution in [1.82, 2.24) is 15.1 Å². The molecule has 0 saturated carbocycles. The molecular formula is C24H35N3O3. The van der Waals surface area contributed by atoms with Crippen LogP contribution in [0, 0.1) is 18.8 Å². The molecule has 6 heteroatoms. The number of rotatable bonds is 5. The van der Waals surface area contributed by atoms with Gasteiger partial charge in [0.15, 0.2) is 0 Å². The zero-order chi connectivity index (χ0) is 21.7. The second-order valence-corrected chi connectivity index (χ2v) is 9.05. The quantitative estimate of drug-likeness (QED) is 0.807. The minimum atomic E-state index is -0.562. The molecule has 0 radical (unpaired) electrons. The summed E-state index contributed by atoms with van der Waals surface area (Å²) in [6.07, 6.45) is 4.82. The van der Waals surface area contributed by atoms with Crippen molar-refractivity contribution in [3.05, 3.63) is 35.4 Å². The molecule has 1 N–H and O–H groups in total. The summed E-state index contributed by atoms with van der Waals surface area (Å²) in [6.45, 7) is 8.77. The average Bonchev–Trinajstić information content (AvgIpc) is 2.77. The van der Waals surface area contributed by atoms with E-state index in [2.05, 4.69) is 5.32 Å². The zero-order valence-electron chi connectivity index (χ0n) is 18.5. The van der Waals surface area contributed by atoms with Crippen LogP contribution in [-0.4, -0.2) is 59.7 Å². The highest BCUT2D eigenvalue weighted by molar-refractivity contribution is 5.97.